The van der Waals surface area contributed by atoms with Gasteiger partial charge in [-0.3, -0.25) is 14.2 Å². The molecule has 0 aliphatic heterocycles. The lowest BCUT2D eigenvalue weighted by Crippen LogP contribution is -2.24. The second-order valence-electron chi connectivity index (χ2n) is 4.59. The molecule has 2 aromatic carbocycles. The summed E-state index contributed by atoms with van der Waals surface area (Å²) in [7, 11) is 0. The molecule has 0 atom stereocenters. The quantitative estimate of drug-likeness (QED) is 0.806. The van der Waals surface area contributed by atoms with E-state index in [1.165, 1.54) is 4.57 Å². The Morgan fingerprint density at radius 2 is 1.95 bits per heavy atom. The highest BCUT2D eigenvalue weighted by Crippen LogP contribution is 2.18. The number of para-hydroxylation sites is 1. The maximum atomic E-state index is 13.5. The summed E-state index contributed by atoms with van der Waals surface area (Å²) in [6.45, 7) is -0.265. The lowest BCUT2D eigenvalue weighted by molar-refractivity contribution is -0.116. The van der Waals surface area contributed by atoms with Crippen LogP contribution in [0.4, 0.5) is 14.5 Å². The molecule has 3 aromatic rings. The van der Waals surface area contributed by atoms with Gasteiger partial charge in [0, 0.05) is 6.07 Å². The molecule has 0 aliphatic carbocycles. The van der Waals surface area contributed by atoms with Crippen molar-refractivity contribution in [1.82, 2.24) is 4.57 Å². The molecule has 0 aliphatic rings. The second-order valence-corrected chi connectivity index (χ2v) is 5.59. The van der Waals surface area contributed by atoms with Crippen molar-refractivity contribution in [3.05, 3.63) is 63.8 Å². The number of hydrogen-bond acceptors (Lipinski definition) is 3. The van der Waals surface area contributed by atoms with Crippen molar-refractivity contribution in [2.75, 3.05) is 5.32 Å². The molecule has 7 heteroatoms. The van der Waals surface area contributed by atoms with Crippen LogP contribution < -0.4 is 10.2 Å². The fourth-order valence-corrected chi connectivity index (χ4v) is 2.98. The fraction of sp³-hybridized carbons (Fsp3) is 0.0667. The van der Waals surface area contributed by atoms with Crippen molar-refractivity contribution >= 4 is 33.1 Å². The van der Waals surface area contributed by atoms with E-state index in [0.29, 0.717) is 5.52 Å². The lowest BCUT2D eigenvalue weighted by atomic mass is 10.3. The Morgan fingerprint density at radius 1 is 1.18 bits per heavy atom. The highest BCUT2D eigenvalue weighted by atomic mass is 32.1. The Morgan fingerprint density at radius 3 is 2.77 bits per heavy atom. The van der Waals surface area contributed by atoms with Crippen LogP contribution in [0, 0.1) is 11.6 Å². The standard InChI is InChI=1S/C15H10F2N2O2S/c16-9-5-6-10(17)11(7-9)18-14(20)8-19-12-3-1-2-4-13(12)22-15(19)21/h1-7H,8H2,(H,18,20). The maximum absolute atomic E-state index is 13.5. The Labute approximate surface area is 127 Å². The largest absolute Gasteiger partial charge is 0.322 e. The third-order valence-electron chi connectivity index (χ3n) is 3.08. The van der Waals surface area contributed by atoms with Gasteiger partial charge < -0.3 is 5.32 Å². The molecule has 1 amide bonds. The van der Waals surface area contributed by atoms with E-state index in [4.69, 9.17) is 0 Å². The number of hydrogen-bond donors (Lipinski definition) is 1. The Balaban J connectivity index is 1.86. The molecule has 1 heterocycles. The summed E-state index contributed by atoms with van der Waals surface area (Å²) in [6, 6.07) is 9.84. The number of fused-ring (bicyclic) bond motifs is 1. The molecule has 22 heavy (non-hydrogen) atoms. The van der Waals surface area contributed by atoms with Crippen molar-refractivity contribution in [1.29, 1.82) is 0 Å². The van der Waals surface area contributed by atoms with Gasteiger partial charge in [0.15, 0.2) is 0 Å². The zero-order valence-corrected chi connectivity index (χ0v) is 12.0. The summed E-state index contributed by atoms with van der Waals surface area (Å²) in [5.41, 5.74) is 0.380. The van der Waals surface area contributed by atoms with E-state index in [-0.39, 0.29) is 17.1 Å². The van der Waals surface area contributed by atoms with Gasteiger partial charge in [-0.2, -0.15) is 0 Å². The number of aromatic nitrogens is 1. The van der Waals surface area contributed by atoms with Crippen LogP contribution in [0.2, 0.25) is 0 Å². The van der Waals surface area contributed by atoms with Crippen LogP contribution in [0.1, 0.15) is 0 Å². The normalized spacial score (nSPS) is 10.8. The van der Waals surface area contributed by atoms with E-state index >= 15 is 0 Å². The molecule has 0 bridgehead atoms. The Bertz CT molecular complexity index is 917. The lowest BCUT2D eigenvalue weighted by Gasteiger charge is -2.07. The molecule has 0 radical (unpaired) electrons. The van der Waals surface area contributed by atoms with Gasteiger partial charge in [0.2, 0.25) is 5.91 Å². The van der Waals surface area contributed by atoms with Crippen molar-refractivity contribution in [2.45, 2.75) is 6.54 Å². The molecule has 0 saturated heterocycles. The van der Waals surface area contributed by atoms with E-state index in [1.807, 2.05) is 0 Å². The van der Waals surface area contributed by atoms with Gasteiger partial charge in [0.05, 0.1) is 15.9 Å². The van der Waals surface area contributed by atoms with Crippen LogP contribution in [0.3, 0.4) is 0 Å². The van der Waals surface area contributed by atoms with Crippen LogP contribution in [0.25, 0.3) is 10.2 Å². The summed E-state index contributed by atoms with van der Waals surface area (Å²) < 4.78 is 28.6. The minimum absolute atomic E-state index is 0.252. The summed E-state index contributed by atoms with van der Waals surface area (Å²) in [5, 5.41) is 2.27. The van der Waals surface area contributed by atoms with Gasteiger partial charge in [-0.05, 0) is 24.3 Å². The number of carbonyl (C=O) groups is 1. The molecule has 1 N–H and O–H groups in total. The van der Waals surface area contributed by atoms with Gasteiger partial charge >= 0.3 is 4.87 Å². The zero-order valence-electron chi connectivity index (χ0n) is 11.2. The van der Waals surface area contributed by atoms with E-state index in [9.17, 15) is 18.4 Å². The number of carbonyl (C=O) groups excluding carboxylic acids is 1. The molecular weight excluding hydrogens is 310 g/mol. The highest BCUT2D eigenvalue weighted by molar-refractivity contribution is 7.16. The summed E-state index contributed by atoms with van der Waals surface area (Å²) >= 11 is 1.03. The zero-order chi connectivity index (χ0) is 15.7. The average molecular weight is 320 g/mol. The van der Waals surface area contributed by atoms with Gasteiger partial charge in [-0.25, -0.2) is 8.78 Å². The van der Waals surface area contributed by atoms with Crippen molar-refractivity contribution < 1.29 is 13.6 Å². The van der Waals surface area contributed by atoms with Crippen molar-refractivity contribution in [2.24, 2.45) is 0 Å². The van der Waals surface area contributed by atoms with Crippen LogP contribution in [0.15, 0.2) is 47.3 Å². The number of anilines is 1. The van der Waals surface area contributed by atoms with Gasteiger partial charge in [-0.1, -0.05) is 23.5 Å². The second kappa shape index (κ2) is 5.69. The topological polar surface area (TPSA) is 51.1 Å². The third kappa shape index (κ3) is 2.75. The first-order chi connectivity index (χ1) is 10.5. The van der Waals surface area contributed by atoms with E-state index in [1.54, 1.807) is 24.3 Å². The first kappa shape index (κ1) is 14.4. The number of nitrogens with zero attached hydrogens (tertiary/aromatic N) is 1. The minimum Gasteiger partial charge on any atom is -0.322 e. The minimum atomic E-state index is -0.739. The summed E-state index contributed by atoms with van der Waals surface area (Å²) in [6.07, 6.45) is 0. The number of halogens is 2. The Hall–Kier alpha value is -2.54. The SMILES string of the molecule is O=C(Cn1c(=O)sc2ccccc21)Nc1cc(F)ccc1F. The van der Waals surface area contributed by atoms with Crippen molar-refractivity contribution in [3.8, 4) is 0 Å². The van der Waals surface area contributed by atoms with Crippen LogP contribution in [-0.2, 0) is 11.3 Å². The molecule has 0 fully saturated rings. The molecule has 0 saturated carbocycles. The number of nitrogens with one attached hydrogen (secondary N) is 1. The van der Waals surface area contributed by atoms with Crippen LogP contribution in [0.5, 0.6) is 0 Å². The molecule has 1 aromatic heterocycles. The van der Waals surface area contributed by atoms with Gasteiger partial charge in [0.25, 0.3) is 0 Å². The first-order valence-electron chi connectivity index (χ1n) is 6.38. The average Bonchev–Trinajstić information content (AvgIpc) is 2.79. The number of benzene rings is 2. The number of amides is 1. The monoisotopic (exact) mass is 320 g/mol. The molecular formula is C15H10F2N2O2S. The summed E-state index contributed by atoms with van der Waals surface area (Å²) in [5.74, 6) is -2.00. The predicted molar refractivity (Wildman–Crippen MR) is 81.1 cm³/mol. The third-order valence-corrected chi connectivity index (χ3v) is 4.04. The first-order valence-corrected chi connectivity index (χ1v) is 7.19. The van der Waals surface area contributed by atoms with E-state index in [2.05, 4.69) is 5.32 Å². The number of thiazole rings is 1. The number of rotatable bonds is 3. The van der Waals surface area contributed by atoms with Gasteiger partial charge in [0.1, 0.15) is 18.2 Å². The fourth-order valence-electron chi connectivity index (χ4n) is 2.09. The molecule has 0 unspecified atom stereocenters. The van der Waals surface area contributed by atoms with Gasteiger partial charge in [-0.15, -0.1) is 0 Å². The molecule has 0 spiro atoms. The van der Waals surface area contributed by atoms with Crippen LogP contribution >= 0.6 is 11.3 Å². The predicted octanol–water partition coefficient (Wildman–Crippen LogP) is 2.98. The van der Waals surface area contributed by atoms with Crippen LogP contribution in [-0.4, -0.2) is 10.5 Å². The molecule has 3 rings (SSSR count). The molecule has 4 nitrogen and oxygen atoms in total. The van der Waals surface area contributed by atoms with E-state index in [0.717, 1.165) is 34.2 Å². The highest BCUT2D eigenvalue weighted by Gasteiger charge is 2.13. The summed E-state index contributed by atoms with van der Waals surface area (Å²) in [4.78, 5) is 23.6. The van der Waals surface area contributed by atoms with Crippen molar-refractivity contribution in [3.63, 3.8) is 0 Å². The maximum Gasteiger partial charge on any atom is 0.308 e. The van der Waals surface area contributed by atoms with E-state index < -0.39 is 17.5 Å². The molecule has 112 valence electrons. The smallest absolute Gasteiger partial charge is 0.308 e. The Kier molecular flexibility index (Phi) is 3.72.